The van der Waals surface area contributed by atoms with Gasteiger partial charge in [-0.05, 0) is 33.9 Å². The van der Waals surface area contributed by atoms with Crippen molar-refractivity contribution in [3.05, 3.63) is 15.4 Å². The van der Waals surface area contributed by atoms with Crippen molar-refractivity contribution < 1.29 is 0 Å². The third kappa shape index (κ3) is 1.68. The van der Waals surface area contributed by atoms with Crippen molar-refractivity contribution in [2.75, 3.05) is 5.73 Å². The molecule has 4 nitrogen and oxygen atoms in total. The number of hydrogen-bond donors (Lipinski definition) is 1. The zero-order chi connectivity index (χ0) is 11.0. The lowest BCUT2D eigenvalue weighted by molar-refractivity contribution is 0.781. The van der Waals surface area contributed by atoms with Gasteiger partial charge in [0.15, 0.2) is 0 Å². The molecule has 2 N–H and O–H groups in total. The minimum absolute atomic E-state index is 0.715. The second-order valence-electron chi connectivity index (χ2n) is 3.20. The Labute approximate surface area is 100 Å². The van der Waals surface area contributed by atoms with Crippen LogP contribution in [0.1, 0.15) is 12.5 Å². The summed E-state index contributed by atoms with van der Waals surface area (Å²) in [6.07, 6.45) is 0.860. The highest BCUT2D eigenvalue weighted by molar-refractivity contribution is 9.10. The van der Waals surface area contributed by atoms with E-state index in [1.54, 1.807) is 4.68 Å². The fraction of sp³-hybridized carbons (Fsp3) is 0.333. The van der Waals surface area contributed by atoms with Gasteiger partial charge < -0.3 is 5.73 Å². The highest BCUT2D eigenvalue weighted by atomic mass is 79.9. The van der Waals surface area contributed by atoms with Gasteiger partial charge in [-0.1, -0.05) is 6.92 Å². The van der Waals surface area contributed by atoms with E-state index in [0.29, 0.717) is 5.82 Å². The number of rotatable bonds is 2. The van der Waals surface area contributed by atoms with Crippen LogP contribution >= 0.6 is 27.5 Å². The van der Waals surface area contributed by atoms with Gasteiger partial charge in [0.2, 0.25) is 0 Å². The Morgan fingerprint density at radius 2 is 2.27 bits per heavy atom. The van der Waals surface area contributed by atoms with Crippen LogP contribution in [0, 0.1) is 0 Å². The first-order chi connectivity index (χ1) is 7.15. The topological polar surface area (TPSA) is 56.7 Å². The van der Waals surface area contributed by atoms with Crippen molar-refractivity contribution in [1.82, 2.24) is 14.2 Å². The average molecular weight is 287 g/mol. The average Bonchev–Trinajstić information content (AvgIpc) is 2.73. The molecule has 6 heteroatoms. The van der Waals surface area contributed by atoms with Crippen molar-refractivity contribution in [2.24, 2.45) is 7.05 Å². The van der Waals surface area contributed by atoms with E-state index >= 15 is 0 Å². The van der Waals surface area contributed by atoms with Gasteiger partial charge in [-0.3, -0.25) is 4.68 Å². The number of nitrogen functional groups attached to an aromatic ring is 1. The maximum absolute atomic E-state index is 5.93. The second kappa shape index (κ2) is 3.94. The molecular formula is C9H11BrN4S. The molecule has 0 aliphatic heterocycles. The predicted octanol–water partition coefficient (Wildman–Crippen LogP) is 2.45. The number of nitrogens with two attached hydrogens (primary N) is 1. The molecule has 2 rings (SSSR count). The highest BCUT2D eigenvalue weighted by Crippen LogP contribution is 2.32. The van der Waals surface area contributed by atoms with E-state index in [9.17, 15) is 0 Å². The van der Waals surface area contributed by atoms with Crippen molar-refractivity contribution in [2.45, 2.75) is 13.3 Å². The molecule has 0 atom stereocenters. The highest BCUT2D eigenvalue weighted by Gasteiger charge is 2.17. The van der Waals surface area contributed by atoms with E-state index in [-0.39, 0.29) is 0 Å². The Kier molecular flexibility index (Phi) is 2.79. The van der Waals surface area contributed by atoms with Gasteiger partial charge in [-0.25, -0.2) is 0 Å². The smallest absolute Gasteiger partial charge is 0.125 e. The zero-order valence-corrected chi connectivity index (χ0v) is 10.9. The molecule has 0 aromatic carbocycles. The molecule has 0 saturated carbocycles. The molecule has 2 heterocycles. The third-order valence-corrected chi connectivity index (χ3v) is 3.83. The molecule has 80 valence electrons. The first kappa shape index (κ1) is 10.6. The lowest BCUT2D eigenvalue weighted by Crippen LogP contribution is -1.98. The molecule has 0 saturated heterocycles. The summed E-state index contributed by atoms with van der Waals surface area (Å²) in [5, 5.41) is 6.33. The Morgan fingerprint density at radius 1 is 1.53 bits per heavy atom. The maximum Gasteiger partial charge on any atom is 0.125 e. The van der Waals surface area contributed by atoms with Crippen molar-refractivity contribution in [3.63, 3.8) is 0 Å². The van der Waals surface area contributed by atoms with Crippen molar-refractivity contribution >= 4 is 33.3 Å². The normalized spacial score (nSPS) is 10.9. The molecular weight excluding hydrogens is 276 g/mol. The molecule has 0 aliphatic carbocycles. The quantitative estimate of drug-likeness (QED) is 0.923. The summed E-state index contributed by atoms with van der Waals surface area (Å²) in [7, 11) is 1.85. The van der Waals surface area contributed by atoms with Gasteiger partial charge in [-0.15, -0.1) is 0 Å². The van der Waals surface area contributed by atoms with Gasteiger partial charge in [0.1, 0.15) is 17.2 Å². The molecule has 0 unspecified atom stereocenters. The van der Waals surface area contributed by atoms with E-state index in [1.165, 1.54) is 11.5 Å². The molecule has 0 radical (unpaired) electrons. The molecule has 0 amide bonds. The van der Waals surface area contributed by atoms with Gasteiger partial charge in [0, 0.05) is 18.0 Å². The number of anilines is 1. The number of aromatic nitrogens is 3. The molecule has 0 aliphatic rings. The molecule has 15 heavy (non-hydrogen) atoms. The maximum atomic E-state index is 5.93. The predicted molar refractivity (Wildman–Crippen MR) is 65.8 cm³/mol. The van der Waals surface area contributed by atoms with Crippen LogP contribution in [0.25, 0.3) is 11.4 Å². The van der Waals surface area contributed by atoms with Crippen LogP contribution in [0.5, 0.6) is 0 Å². The van der Waals surface area contributed by atoms with Gasteiger partial charge >= 0.3 is 0 Å². The van der Waals surface area contributed by atoms with Crippen LogP contribution in [0.15, 0.2) is 9.85 Å². The first-order valence-electron chi connectivity index (χ1n) is 4.56. The Balaban J connectivity index is 2.63. The third-order valence-electron chi connectivity index (χ3n) is 2.30. The number of nitrogens with zero attached hydrogens (tertiary/aromatic N) is 3. The van der Waals surface area contributed by atoms with Gasteiger partial charge in [-0.2, -0.15) is 9.47 Å². The summed E-state index contributed by atoms with van der Waals surface area (Å²) >= 11 is 4.87. The largest absolute Gasteiger partial charge is 0.384 e. The monoisotopic (exact) mass is 286 g/mol. The zero-order valence-electron chi connectivity index (χ0n) is 8.49. The van der Waals surface area contributed by atoms with E-state index in [4.69, 9.17) is 5.73 Å². The van der Waals surface area contributed by atoms with Crippen LogP contribution in [-0.2, 0) is 13.5 Å². The fourth-order valence-electron chi connectivity index (χ4n) is 1.50. The summed E-state index contributed by atoms with van der Waals surface area (Å²) in [4.78, 5) is 0. The van der Waals surface area contributed by atoms with Crippen LogP contribution in [0.2, 0.25) is 0 Å². The van der Waals surface area contributed by atoms with Crippen LogP contribution in [0.4, 0.5) is 5.82 Å². The summed E-state index contributed by atoms with van der Waals surface area (Å²) in [6.45, 7) is 2.07. The lowest BCUT2D eigenvalue weighted by Gasteiger charge is -1.97. The van der Waals surface area contributed by atoms with Crippen molar-refractivity contribution in [1.29, 1.82) is 0 Å². The summed E-state index contributed by atoms with van der Waals surface area (Å²) in [5.41, 5.74) is 8.75. The number of aryl methyl sites for hydroxylation is 1. The van der Waals surface area contributed by atoms with Gasteiger partial charge in [0.05, 0.1) is 4.47 Å². The molecule has 2 aromatic rings. The minimum atomic E-state index is 0.715. The lowest BCUT2D eigenvalue weighted by atomic mass is 10.1. The van der Waals surface area contributed by atoms with Crippen molar-refractivity contribution in [3.8, 4) is 11.4 Å². The number of halogens is 1. The van der Waals surface area contributed by atoms with E-state index in [0.717, 1.165) is 27.8 Å². The van der Waals surface area contributed by atoms with E-state index in [2.05, 4.69) is 32.3 Å². The Hall–Kier alpha value is -0.880. The number of hydrogen-bond acceptors (Lipinski definition) is 4. The molecule has 0 fully saturated rings. The second-order valence-corrected chi connectivity index (χ2v) is 4.68. The Bertz CT molecular complexity index is 488. The molecule has 0 bridgehead atoms. The summed E-state index contributed by atoms with van der Waals surface area (Å²) < 4.78 is 6.98. The standard InChI is InChI=1S/C9H11BrN4S/c1-3-5-7(12-14(2)9(5)11)8-6(10)4-15-13-8/h4H,3,11H2,1-2H3. The minimum Gasteiger partial charge on any atom is -0.384 e. The van der Waals surface area contributed by atoms with Crippen LogP contribution < -0.4 is 5.73 Å². The van der Waals surface area contributed by atoms with Crippen LogP contribution in [-0.4, -0.2) is 14.2 Å². The molecule has 2 aromatic heterocycles. The van der Waals surface area contributed by atoms with Gasteiger partial charge in [0.25, 0.3) is 0 Å². The SMILES string of the molecule is CCc1c(-c2nscc2Br)nn(C)c1N. The van der Waals surface area contributed by atoms with E-state index < -0.39 is 0 Å². The van der Waals surface area contributed by atoms with Crippen LogP contribution in [0.3, 0.4) is 0 Å². The van der Waals surface area contributed by atoms with E-state index in [1.807, 2.05) is 12.4 Å². The fourth-order valence-corrected chi connectivity index (χ4v) is 2.69. The Morgan fingerprint density at radius 3 is 2.80 bits per heavy atom. The first-order valence-corrected chi connectivity index (χ1v) is 6.19. The summed E-state index contributed by atoms with van der Waals surface area (Å²) in [6, 6.07) is 0. The molecule has 0 spiro atoms. The summed E-state index contributed by atoms with van der Waals surface area (Å²) in [5.74, 6) is 0.715.